The molecule has 6 nitrogen and oxygen atoms in total. The minimum absolute atomic E-state index is 0. The van der Waals surface area contributed by atoms with Crippen LogP contribution in [-0.4, -0.2) is 50.1 Å². The molecule has 186 valence electrons. The van der Waals surface area contributed by atoms with Crippen LogP contribution in [0.15, 0.2) is 0 Å². The minimum Gasteiger partial charge on any atom is -0.675 e. The number of hydrogen-bond donors (Lipinski definition) is 0. The van der Waals surface area contributed by atoms with Crippen molar-refractivity contribution in [2.24, 2.45) is 0 Å². The summed E-state index contributed by atoms with van der Waals surface area (Å²) in [5.41, 5.74) is 0. The van der Waals surface area contributed by atoms with Gasteiger partial charge in [-0.3, -0.25) is 13.6 Å². The van der Waals surface area contributed by atoms with Gasteiger partial charge in [0.05, 0.1) is 0 Å². The van der Waals surface area contributed by atoms with Crippen LogP contribution in [0.2, 0.25) is 0 Å². The van der Waals surface area contributed by atoms with Gasteiger partial charge >= 0.3 is 19.5 Å². The van der Waals surface area contributed by atoms with Gasteiger partial charge in [-0.15, -0.1) is 24.2 Å². The van der Waals surface area contributed by atoms with E-state index < -0.39 is 0 Å². The molecule has 0 heterocycles. The van der Waals surface area contributed by atoms with Crippen LogP contribution < -0.4 is 0 Å². The maximum absolute atomic E-state index is 7.75. The van der Waals surface area contributed by atoms with Crippen molar-refractivity contribution >= 4 is 13.6 Å². The number of hydrogen-bond acceptors (Lipinski definition) is 2. The van der Waals surface area contributed by atoms with Crippen molar-refractivity contribution in [1.29, 1.82) is 0 Å². The molecule has 0 amide bonds. The molecule has 0 N–H and O–H groups in total. The summed E-state index contributed by atoms with van der Waals surface area (Å²) in [6, 6.07) is 1.83. The van der Waals surface area contributed by atoms with Crippen molar-refractivity contribution in [3.8, 4) is 0 Å². The zero-order valence-electron chi connectivity index (χ0n) is 21.8. The standard InChI is InChI=1S/2C11H24N2.2CHO.Ru/c2*1-6-9(4)12-11(8-3)13-10(5)7-2;2*1-2;/h2*9-11H,6-8H2,1-5H3;2*1H;/q2*-2;2*-1;+6. The van der Waals surface area contributed by atoms with Gasteiger partial charge in [-0.1, -0.05) is 108 Å². The number of nitrogens with zero attached hydrogens (tertiary/aromatic N) is 4. The van der Waals surface area contributed by atoms with Crippen LogP contribution in [0.25, 0.3) is 21.3 Å². The number of carbonyl (C=O) groups excluding carboxylic acids is 2. The van der Waals surface area contributed by atoms with Crippen molar-refractivity contribution < 1.29 is 29.1 Å². The first kappa shape index (κ1) is 41.1. The zero-order valence-corrected chi connectivity index (χ0v) is 23.6. The van der Waals surface area contributed by atoms with Gasteiger partial charge in [0, 0.05) is 0 Å². The predicted molar refractivity (Wildman–Crippen MR) is 134 cm³/mol. The van der Waals surface area contributed by atoms with E-state index in [2.05, 4.69) is 104 Å². The first-order chi connectivity index (χ1) is 14.3. The molecule has 0 aliphatic heterocycles. The topological polar surface area (TPSA) is 90.5 Å². The van der Waals surface area contributed by atoms with Crippen molar-refractivity contribution in [3.05, 3.63) is 21.3 Å². The van der Waals surface area contributed by atoms with E-state index in [1.165, 1.54) is 0 Å². The second kappa shape index (κ2) is 32.0. The van der Waals surface area contributed by atoms with Gasteiger partial charge in [0.2, 0.25) is 0 Å². The van der Waals surface area contributed by atoms with E-state index in [-0.39, 0.29) is 31.8 Å². The van der Waals surface area contributed by atoms with Crippen molar-refractivity contribution in [2.75, 3.05) is 0 Å². The Morgan fingerprint density at radius 3 is 0.710 bits per heavy atom. The smallest absolute Gasteiger partial charge is 0.675 e. The summed E-state index contributed by atoms with van der Waals surface area (Å²) in [5, 5.41) is 18.5. The van der Waals surface area contributed by atoms with Crippen molar-refractivity contribution in [3.63, 3.8) is 0 Å². The molecular formula is C24H50N4O2Ru. The third-order valence-electron chi connectivity index (χ3n) is 4.80. The van der Waals surface area contributed by atoms with Gasteiger partial charge in [-0.05, 0) is 0 Å². The molecule has 0 aliphatic rings. The molecule has 0 aliphatic carbocycles. The van der Waals surface area contributed by atoms with Crippen LogP contribution in [0, 0.1) is 0 Å². The predicted octanol–water partition coefficient (Wildman–Crippen LogP) is 7.58. The Morgan fingerprint density at radius 1 is 0.452 bits per heavy atom. The average Bonchev–Trinajstić information content (AvgIpc) is 2.80. The summed E-state index contributed by atoms with van der Waals surface area (Å²) in [4.78, 5) is 15.5. The third-order valence-corrected chi connectivity index (χ3v) is 4.80. The largest absolute Gasteiger partial charge is 6.00 e. The van der Waals surface area contributed by atoms with Crippen LogP contribution in [0.1, 0.15) is 108 Å². The van der Waals surface area contributed by atoms with Crippen LogP contribution in [-0.2, 0) is 29.1 Å². The van der Waals surface area contributed by atoms with Gasteiger partial charge in [0.1, 0.15) is 0 Å². The third kappa shape index (κ3) is 29.8. The van der Waals surface area contributed by atoms with Gasteiger partial charge in [-0.2, -0.15) is 0 Å². The van der Waals surface area contributed by atoms with E-state index in [1.54, 1.807) is 0 Å². The van der Waals surface area contributed by atoms with Crippen LogP contribution in [0.5, 0.6) is 0 Å². The first-order valence-electron chi connectivity index (χ1n) is 11.5. The second-order valence-corrected chi connectivity index (χ2v) is 7.40. The first-order valence-corrected chi connectivity index (χ1v) is 11.5. The SMILES string of the molecule is CCC(C)[N-]C(CC)[N-]C(C)CC.CCC(C)[N-]C(CC)[N-]C(C)CC.[CH-]=O.[CH-]=O.[Ru+6]. The van der Waals surface area contributed by atoms with Crippen LogP contribution >= 0.6 is 0 Å². The molecule has 0 fully saturated rings. The molecule has 4 atom stereocenters. The molecule has 0 rings (SSSR count). The van der Waals surface area contributed by atoms with E-state index in [9.17, 15) is 0 Å². The number of rotatable bonds is 14. The molecule has 0 spiro atoms. The minimum atomic E-state index is 0. The summed E-state index contributed by atoms with van der Waals surface area (Å²) in [7, 11) is 0. The summed E-state index contributed by atoms with van der Waals surface area (Å²) < 4.78 is 0. The zero-order chi connectivity index (χ0) is 24.5. The Morgan fingerprint density at radius 2 is 0.613 bits per heavy atom. The molecule has 0 saturated heterocycles. The van der Waals surface area contributed by atoms with Crippen molar-refractivity contribution in [2.45, 2.75) is 144 Å². The quantitative estimate of drug-likeness (QED) is 0.132. The Labute approximate surface area is 208 Å². The average molecular weight is 528 g/mol. The molecule has 0 radical (unpaired) electrons. The van der Waals surface area contributed by atoms with Gasteiger partial charge in [0.25, 0.3) is 0 Å². The summed E-state index contributed by atoms with van der Waals surface area (Å²) in [6.45, 7) is 28.1. The monoisotopic (exact) mass is 528 g/mol. The molecule has 31 heavy (non-hydrogen) atoms. The summed E-state index contributed by atoms with van der Waals surface area (Å²) in [6.07, 6.45) is 7.00. The Bertz CT molecular complexity index is 274. The van der Waals surface area contributed by atoms with E-state index in [4.69, 9.17) is 9.59 Å². The van der Waals surface area contributed by atoms with Gasteiger partial charge in [-0.25, -0.2) is 12.3 Å². The maximum Gasteiger partial charge on any atom is 6.00 e. The van der Waals surface area contributed by atoms with Crippen LogP contribution in [0.4, 0.5) is 0 Å². The molecule has 7 heteroatoms. The van der Waals surface area contributed by atoms with E-state index in [0.29, 0.717) is 24.2 Å². The molecular weight excluding hydrogens is 477 g/mol. The van der Waals surface area contributed by atoms with Crippen LogP contribution in [0.3, 0.4) is 0 Å². The molecule has 4 unspecified atom stereocenters. The van der Waals surface area contributed by atoms with E-state index in [0.717, 1.165) is 38.5 Å². The van der Waals surface area contributed by atoms with Gasteiger partial charge in [0.15, 0.2) is 0 Å². The van der Waals surface area contributed by atoms with Crippen molar-refractivity contribution in [1.82, 2.24) is 0 Å². The normalized spacial score (nSPS) is 15.5. The van der Waals surface area contributed by atoms with E-state index in [1.807, 2.05) is 0 Å². The fourth-order valence-electron chi connectivity index (χ4n) is 2.10. The molecule has 0 bridgehead atoms. The fraction of sp³-hybridized carbons (Fsp3) is 0.917. The fourth-order valence-corrected chi connectivity index (χ4v) is 2.10. The molecule has 0 aromatic heterocycles. The molecule has 0 aromatic rings. The Hall–Kier alpha value is -0.197. The van der Waals surface area contributed by atoms with Gasteiger partial charge < -0.3 is 30.9 Å². The Kier molecular flexibility index (Phi) is 42.4. The maximum atomic E-state index is 7.75. The second-order valence-electron chi connectivity index (χ2n) is 7.40. The summed E-state index contributed by atoms with van der Waals surface area (Å²) in [5.74, 6) is 0. The van der Waals surface area contributed by atoms with E-state index >= 15 is 0 Å². The molecule has 0 aromatic carbocycles. The summed E-state index contributed by atoms with van der Waals surface area (Å²) >= 11 is 0. The Balaban J connectivity index is -0.000000122. The molecule has 0 saturated carbocycles.